The molecule has 29 heavy (non-hydrogen) atoms. The molecule has 8 nitrogen and oxygen atoms in total. The summed E-state index contributed by atoms with van der Waals surface area (Å²) in [6.45, 7) is 1.10. The van der Waals surface area contributed by atoms with Crippen LogP contribution in [0.15, 0.2) is 24.3 Å². The number of carbonyl (C=O) groups excluding carboxylic acids is 1. The molecule has 0 spiro atoms. The van der Waals surface area contributed by atoms with Crippen molar-refractivity contribution in [3.05, 3.63) is 29.8 Å². The topological polar surface area (TPSA) is 101 Å². The monoisotopic (exact) mass is 412 g/mol. The van der Waals surface area contributed by atoms with Crippen molar-refractivity contribution in [3.8, 4) is 6.01 Å². The third kappa shape index (κ3) is 7.80. The molecule has 1 heterocycles. The number of rotatable bonds is 10. The Hall–Kier alpha value is -3.11. The summed E-state index contributed by atoms with van der Waals surface area (Å²) in [7, 11) is 1.51. The van der Waals surface area contributed by atoms with E-state index in [2.05, 4.69) is 42.6 Å². The number of hydrogen-bond donors (Lipinski definition) is 3. The highest BCUT2D eigenvalue weighted by atomic mass is 19.4. The molecule has 2 aromatic rings. The Balaban J connectivity index is 2.20. The number of alkyl halides is 3. The van der Waals surface area contributed by atoms with Gasteiger partial charge in [-0.1, -0.05) is 25.8 Å². The highest BCUT2D eigenvalue weighted by molar-refractivity contribution is 5.95. The predicted molar refractivity (Wildman–Crippen MR) is 103 cm³/mol. The van der Waals surface area contributed by atoms with Crippen molar-refractivity contribution in [1.29, 1.82) is 0 Å². The normalized spacial score (nSPS) is 11.1. The molecule has 0 unspecified atom stereocenters. The summed E-state index contributed by atoms with van der Waals surface area (Å²) in [6, 6.07) is 6.05. The smallest absolute Gasteiger partial charge is 0.422 e. The van der Waals surface area contributed by atoms with E-state index in [1.165, 1.54) is 7.05 Å². The number of halogens is 3. The standard InChI is InChI=1S/C18H23F3N6O2/c1-3-4-5-9-23-15-25-16(27-17(26-15)29-11-18(19,20)21)24-13-8-6-7-12(10-13)14(28)22-2/h6-8,10H,3-5,9,11H2,1-2H3,(H,22,28)(H2,23,24,25,26,27). The zero-order chi connectivity index (χ0) is 21.3. The maximum Gasteiger partial charge on any atom is 0.422 e. The number of amides is 1. The van der Waals surface area contributed by atoms with E-state index in [0.717, 1.165) is 19.3 Å². The van der Waals surface area contributed by atoms with Crippen LogP contribution in [0.3, 0.4) is 0 Å². The van der Waals surface area contributed by atoms with Crippen LogP contribution in [-0.4, -0.2) is 47.2 Å². The van der Waals surface area contributed by atoms with Crippen LogP contribution in [0.5, 0.6) is 6.01 Å². The lowest BCUT2D eigenvalue weighted by Gasteiger charge is -2.12. The number of ether oxygens (including phenoxy) is 1. The molecule has 0 saturated heterocycles. The molecule has 158 valence electrons. The number of anilines is 3. The SMILES string of the molecule is CCCCCNc1nc(Nc2cccc(C(=O)NC)c2)nc(OCC(F)(F)F)n1. The molecule has 0 atom stereocenters. The molecule has 1 amide bonds. The number of aromatic nitrogens is 3. The Bertz CT molecular complexity index is 816. The summed E-state index contributed by atoms with van der Waals surface area (Å²) in [5.41, 5.74) is 0.883. The van der Waals surface area contributed by atoms with Gasteiger partial charge in [0.05, 0.1) is 0 Å². The Morgan fingerprint density at radius 1 is 1.14 bits per heavy atom. The van der Waals surface area contributed by atoms with Gasteiger partial charge in [-0.25, -0.2) is 0 Å². The maximum absolute atomic E-state index is 12.5. The van der Waals surface area contributed by atoms with E-state index in [4.69, 9.17) is 0 Å². The summed E-state index contributed by atoms with van der Waals surface area (Å²) in [4.78, 5) is 23.7. The van der Waals surface area contributed by atoms with Crippen molar-refractivity contribution >= 4 is 23.5 Å². The van der Waals surface area contributed by atoms with Gasteiger partial charge in [-0.3, -0.25) is 4.79 Å². The van der Waals surface area contributed by atoms with Gasteiger partial charge < -0.3 is 20.7 Å². The highest BCUT2D eigenvalue weighted by Gasteiger charge is 2.29. The van der Waals surface area contributed by atoms with Crippen molar-refractivity contribution in [2.45, 2.75) is 32.4 Å². The predicted octanol–water partition coefficient (Wildman–Crippen LogP) is 3.52. The Morgan fingerprint density at radius 3 is 2.59 bits per heavy atom. The number of hydrogen-bond acceptors (Lipinski definition) is 7. The van der Waals surface area contributed by atoms with E-state index in [9.17, 15) is 18.0 Å². The van der Waals surface area contributed by atoms with Crippen molar-refractivity contribution < 1.29 is 22.7 Å². The minimum atomic E-state index is -4.52. The lowest BCUT2D eigenvalue weighted by molar-refractivity contribution is -0.154. The summed E-state index contributed by atoms with van der Waals surface area (Å²) in [5.74, 6) is -0.195. The molecule has 2 rings (SSSR count). The third-order valence-electron chi connectivity index (χ3n) is 3.65. The van der Waals surface area contributed by atoms with E-state index in [1.807, 2.05) is 0 Å². The fraction of sp³-hybridized carbons (Fsp3) is 0.444. The summed E-state index contributed by atoms with van der Waals surface area (Å²) < 4.78 is 42.1. The highest BCUT2D eigenvalue weighted by Crippen LogP contribution is 2.20. The first-order valence-electron chi connectivity index (χ1n) is 9.09. The molecule has 0 aliphatic heterocycles. The summed E-state index contributed by atoms with van der Waals surface area (Å²) in [5, 5.41) is 8.32. The van der Waals surface area contributed by atoms with E-state index in [-0.39, 0.29) is 17.8 Å². The van der Waals surface area contributed by atoms with Crippen molar-refractivity contribution in [3.63, 3.8) is 0 Å². The van der Waals surface area contributed by atoms with Gasteiger partial charge in [0.2, 0.25) is 11.9 Å². The quantitative estimate of drug-likeness (QED) is 0.513. The first-order valence-corrected chi connectivity index (χ1v) is 9.09. The molecular formula is C18H23F3N6O2. The van der Waals surface area contributed by atoms with Crippen molar-refractivity contribution in [2.24, 2.45) is 0 Å². The van der Waals surface area contributed by atoms with Crippen molar-refractivity contribution in [2.75, 3.05) is 30.8 Å². The molecular weight excluding hydrogens is 389 g/mol. The van der Waals surface area contributed by atoms with Gasteiger partial charge in [0.15, 0.2) is 6.61 Å². The second-order valence-corrected chi connectivity index (χ2v) is 6.09. The minimum Gasteiger partial charge on any atom is -0.454 e. The van der Waals surface area contributed by atoms with Gasteiger partial charge in [0, 0.05) is 24.8 Å². The Morgan fingerprint density at radius 2 is 1.90 bits per heavy atom. The molecule has 1 aromatic carbocycles. The lowest BCUT2D eigenvalue weighted by atomic mass is 10.2. The van der Waals surface area contributed by atoms with Crippen LogP contribution >= 0.6 is 0 Å². The first kappa shape index (κ1) is 22.2. The largest absolute Gasteiger partial charge is 0.454 e. The molecule has 0 aliphatic rings. The molecule has 0 saturated carbocycles. The van der Waals surface area contributed by atoms with Gasteiger partial charge in [-0.15, -0.1) is 0 Å². The van der Waals surface area contributed by atoms with Crippen LogP contribution in [-0.2, 0) is 0 Å². The number of carbonyl (C=O) groups is 1. The molecule has 0 bridgehead atoms. The molecule has 11 heteroatoms. The molecule has 1 aromatic heterocycles. The average Bonchev–Trinajstić information content (AvgIpc) is 2.69. The number of benzene rings is 1. The number of nitrogens with one attached hydrogen (secondary N) is 3. The lowest BCUT2D eigenvalue weighted by Crippen LogP contribution is -2.21. The van der Waals surface area contributed by atoms with Crippen LogP contribution < -0.4 is 20.7 Å². The molecule has 0 radical (unpaired) electrons. The van der Waals surface area contributed by atoms with Crippen LogP contribution in [0.25, 0.3) is 0 Å². The maximum atomic E-state index is 12.5. The van der Waals surface area contributed by atoms with E-state index in [1.54, 1.807) is 24.3 Å². The van der Waals surface area contributed by atoms with Gasteiger partial charge in [-0.05, 0) is 24.6 Å². The second kappa shape index (κ2) is 10.4. The van der Waals surface area contributed by atoms with E-state index in [0.29, 0.717) is 17.8 Å². The third-order valence-corrected chi connectivity index (χ3v) is 3.65. The zero-order valence-corrected chi connectivity index (χ0v) is 16.1. The minimum absolute atomic E-state index is 0.00998. The van der Waals surface area contributed by atoms with Crippen LogP contribution in [0.4, 0.5) is 30.8 Å². The number of nitrogens with zero attached hydrogens (tertiary/aromatic N) is 3. The summed E-state index contributed by atoms with van der Waals surface area (Å²) in [6.07, 6.45) is -1.64. The van der Waals surface area contributed by atoms with E-state index >= 15 is 0 Å². The van der Waals surface area contributed by atoms with Gasteiger partial charge >= 0.3 is 12.2 Å². The molecule has 3 N–H and O–H groups in total. The van der Waals surface area contributed by atoms with Crippen LogP contribution in [0.1, 0.15) is 36.5 Å². The second-order valence-electron chi connectivity index (χ2n) is 6.09. The van der Waals surface area contributed by atoms with Gasteiger partial charge in [-0.2, -0.15) is 28.1 Å². The molecule has 0 aliphatic carbocycles. The average molecular weight is 412 g/mol. The fourth-order valence-electron chi connectivity index (χ4n) is 2.29. The van der Waals surface area contributed by atoms with Gasteiger partial charge in [0.25, 0.3) is 5.91 Å². The van der Waals surface area contributed by atoms with E-state index < -0.39 is 18.8 Å². The zero-order valence-electron chi connectivity index (χ0n) is 16.1. The Labute approximate surface area is 166 Å². The summed E-state index contributed by atoms with van der Waals surface area (Å²) >= 11 is 0. The van der Waals surface area contributed by atoms with Gasteiger partial charge in [0.1, 0.15) is 0 Å². The number of unbranched alkanes of at least 4 members (excludes halogenated alkanes) is 2. The van der Waals surface area contributed by atoms with Crippen LogP contribution in [0.2, 0.25) is 0 Å². The van der Waals surface area contributed by atoms with Crippen LogP contribution in [0, 0.1) is 0 Å². The van der Waals surface area contributed by atoms with Crippen molar-refractivity contribution in [1.82, 2.24) is 20.3 Å². The first-order chi connectivity index (χ1) is 13.8. The molecule has 0 fully saturated rings. The fourth-order valence-corrected chi connectivity index (χ4v) is 2.29. The Kier molecular flexibility index (Phi) is 7.98.